The van der Waals surface area contributed by atoms with Gasteiger partial charge >= 0.3 is 11.9 Å². The number of carbonyl (C=O) groups excluding carboxylic acids is 4. The van der Waals surface area contributed by atoms with Crippen LogP contribution in [0.5, 0.6) is 0 Å². The number of rotatable bonds is 11. The summed E-state index contributed by atoms with van der Waals surface area (Å²) in [5.74, 6) is -2.00. The van der Waals surface area contributed by atoms with Crippen molar-refractivity contribution in [3.05, 3.63) is 96.6 Å². The molecule has 1 aliphatic rings. The van der Waals surface area contributed by atoms with Crippen molar-refractivity contribution in [1.29, 1.82) is 0 Å². The second-order valence-electron chi connectivity index (χ2n) is 11.5. The van der Waals surface area contributed by atoms with Crippen molar-refractivity contribution >= 4 is 51.2 Å². The first-order valence-corrected chi connectivity index (χ1v) is 15.4. The second-order valence-corrected chi connectivity index (χ2v) is 11.5. The third-order valence-corrected chi connectivity index (χ3v) is 8.75. The highest BCUT2D eigenvalue weighted by atomic mass is 16.5. The molecule has 2 amide bonds. The predicted octanol–water partition coefficient (Wildman–Crippen LogP) is 3.18. The standard InChI is InChI=1S/C35H36N6O6/c1-46-34(44)28(17-21-19-37-26-9-5-3-7-24(21)26)39-32(42)30-11-12-31(41(30)23-13-15-36-16-14-23)33(43)40-29(35(45)47-2)18-22-20-38-27-10-6-4-8-25(22)27/h3-10,13-16,19-20,28-31,37-38H,11-12,17-18H2,1-2H3,(H,39,42)(H,40,43)/t28-,29-,30+,31+/m1/s1. The summed E-state index contributed by atoms with van der Waals surface area (Å²) in [4.78, 5) is 65.9. The topological polar surface area (TPSA) is 159 Å². The maximum atomic E-state index is 13.9. The van der Waals surface area contributed by atoms with Gasteiger partial charge in [0, 0.05) is 65.1 Å². The molecule has 0 unspecified atom stereocenters. The first-order valence-electron chi connectivity index (χ1n) is 15.4. The number of hydrogen-bond acceptors (Lipinski definition) is 8. The van der Waals surface area contributed by atoms with E-state index in [0.29, 0.717) is 18.5 Å². The minimum absolute atomic E-state index is 0.211. The minimum Gasteiger partial charge on any atom is -0.467 e. The number of nitrogens with zero attached hydrogens (tertiary/aromatic N) is 2. The SMILES string of the molecule is COC(=O)[C@@H](Cc1c[nH]c2ccccc12)NC(=O)[C@@H]1CC[C@@H](C(=O)N[C@H](Cc2c[nH]c3ccccc23)C(=O)OC)N1c1ccncc1. The van der Waals surface area contributed by atoms with Gasteiger partial charge in [0.2, 0.25) is 11.8 Å². The number of fused-ring (bicyclic) bond motifs is 2. The van der Waals surface area contributed by atoms with Gasteiger partial charge in [0.15, 0.2) is 0 Å². The number of anilines is 1. The van der Waals surface area contributed by atoms with E-state index in [0.717, 1.165) is 32.9 Å². The summed E-state index contributed by atoms with van der Waals surface area (Å²) in [7, 11) is 2.56. The predicted molar refractivity (Wildman–Crippen MR) is 175 cm³/mol. The van der Waals surface area contributed by atoms with Gasteiger partial charge in [-0.25, -0.2) is 9.59 Å². The van der Waals surface area contributed by atoms with Gasteiger partial charge in [0.05, 0.1) is 14.2 Å². The number of ether oxygens (including phenoxy) is 2. The molecule has 12 heteroatoms. The summed E-state index contributed by atoms with van der Waals surface area (Å²) in [5, 5.41) is 7.67. The zero-order valence-corrected chi connectivity index (χ0v) is 26.1. The monoisotopic (exact) mass is 636 g/mol. The molecule has 12 nitrogen and oxygen atoms in total. The van der Waals surface area contributed by atoms with Crippen molar-refractivity contribution in [1.82, 2.24) is 25.6 Å². The smallest absolute Gasteiger partial charge is 0.328 e. The number of para-hydroxylation sites is 2. The molecule has 4 N–H and O–H groups in total. The molecule has 4 atom stereocenters. The molecule has 0 bridgehead atoms. The molecule has 1 fully saturated rings. The molecule has 0 aliphatic carbocycles. The minimum atomic E-state index is -0.959. The average Bonchev–Trinajstić information content (AvgIpc) is 3.85. The van der Waals surface area contributed by atoms with Crippen LogP contribution in [0.1, 0.15) is 24.0 Å². The Morgan fingerprint density at radius 1 is 0.745 bits per heavy atom. The summed E-state index contributed by atoms with van der Waals surface area (Å²) in [6.45, 7) is 0. The van der Waals surface area contributed by atoms with Gasteiger partial charge < -0.3 is 35.0 Å². The first kappa shape index (κ1) is 31.3. The number of H-pyrrole nitrogens is 2. The quantitative estimate of drug-likeness (QED) is 0.161. The summed E-state index contributed by atoms with van der Waals surface area (Å²) in [6, 6.07) is 15.4. The molecule has 242 valence electrons. The van der Waals surface area contributed by atoms with E-state index in [-0.39, 0.29) is 12.8 Å². The molecular weight excluding hydrogens is 600 g/mol. The number of nitrogens with one attached hydrogen (secondary N) is 4. The van der Waals surface area contributed by atoms with Crippen molar-refractivity contribution in [2.45, 2.75) is 49.9 Å². The Morgan fingerprint density at radius 2 is 1.19 bits per heavy atom. The first-order chi connectivity index (χ1) is 22.9. The van der Waals surface area contributed by atoms with Crippen LogP contribution in [0.3, 0.4) is 0 Å². The normalized spacial score (nSPS) is 17.3. The van der Waals surface area contributed by atoms with E-state index >= 15 is 0 Å². The molecule has 5 aromatic rings. The van der Waals surface area contributed by atoms with E-state index in [1.165, 1.54) is 14.2 Å². The second kappa shape index (κ2) is 13.8. The molecule has 0 radical (unpaired) electrons. The van der Waals surface area contributed by atoms with Crippen molar-refractivity contribution in [3.8, 4) is 0 Å². The van der Waals surface area contributed by atoms with Crippen LogP contribution in [-0.2, 0) is 41.5 Å². The number of carbonyl (C=O) groups is 4. The number of benzene rings is 2. The van der Waals surface area contributed by atoms with Gasteiger partial charge in [0.1, 0.15) is 24.2 Å². The molecule has 4 heterocycles. The molecule has 2 aromatic carbocycles. The number of hydrogen-bond donors (Lipinski definition) is 4. The summed E-state index contributed by atoms with van der Waals surface area (Å²) in [5.41, 5.74) is 4.15. The summed E-state index contributed by atoms with van der Waals surface area (Å²) in [6.07, 6.45) is 7.89. The maximum Gasteiger partial charge on any atom is 0.328 e. The highest BCUT2D eigenvalue weighted by Crippen LogP contribution is 2.31. The molecule has 3 aromatic heterocycles. The van der Waals surface area contributed by atoms with Crippen LogP contribution in [0.25, 0.3) is 21.8 Å². The molecule has 0 spiro atoms. The van der Waals surface area contributed by atoms with Crippen molar-refractivity contribution < 1.29 is 28.7 Å². The fraction of sp³-hybridized carbons (Fsp3) is 0.286. The third kappa shape index (κ3) is 6.53. The molecule has 0 saturated carbocycles. The fourth-order valence-corrected chi connectivity index (χ4v) is 6.45. The van der Waals surface area contributed by atoms with Crippen molar-refractivity contribution in [2.75, 3.05) is 19.1 Å². The van der Waals surface area contributed by atoms with Crippen LogP contribution in [0.4, 0.5) is 5.69 Å². The fourth-order valence-electron chi connectivity index (χ4n) is 6.45. The van der Waals surface area contributed by atoms with E-state index in [9.17, 15) is 19.2 Å². The number of methoxy groups -OCH3 is 2. The lowest BCUT2D eigenvalue weighted by atomic mass is 10.0. The maximum absolute atomic E-state index is 13.9. The lowest BCUT2D eigenvalue weighted by Gasteiger charge is -2.32. The van der Waals surface area contributed by atoms with E-state index < -0.39 is 47.9 Å². The Hall–Kier alpha value is -5.65. The Labute approximate surface area is 270 Å². The number of amides is 2. The van der Waals surface area contributed by atoms with Crippen LogP contribution >= 0.6 is 0 Å². The Kier molecular flexibility index (Phi) is 9.18. The van der Waals surface area contributed by atoms with E-state index in [4.69, 9.17) is 9.47 Å². The Morgan fingerprint density at radius 3 is 1.64 bits per heavy atom. The van der Waals surface area contributed by atoms with Gasteiger partial charge in [-0.05, 0) is 48.2 Å². The largest absolute Gasteiger partial charge is 0.467 e. The number of esters is 2. The van der Waals surface area contributed by atoms with E-state index in [2.05, 4.69) is 25.6 Å². The van der Waals surface area contributed by atoms with Crippen LogP contribution in [-0.4, -0.2) is 77.1 Å². The highest BCUT2D eigenvalue weighted by molar-refractivity contribution is 5.96. The van der Waals surface area contributed by atoms with Crippen LogP contribution in [0.2, 0.25) is 0 Å². The zero-order chi connectivity index (χ0) is 32.9. The average molecular weight is 637 g/mol. The summed E-state index contributed by atoms with van der Waals surface area (Å²) < 4.78 is 10.1. The Bertz CT molecular complexity index is 1780. The van der Waals surface area contributed by atoms with Crippen molar-refractivity contribution in [2.24, 2.45) is 0 Å². The molecule has 6 rings (SSSR count). The zero-order valence-electron chi connectivity index (χ0n) is 26.1. The molecule has 1 aliphatic heterocycles. The van der Waals surface area contributed by atoms with Gasteiger partial charge in [0.25, 0.3) is 0 Å². The lowest BCUT2D eigenvalue weighted by molar-refractivity contribution is -0.145. The van der Waals surface area contributed by atoms with E-state index in [1.807, 2.05) is 60.9 Å². The lowest BCUT2D eigenvalue weighted by Crippen LogP contribution is -2.55. The van der Waals surface area contributed by atoms with Crippen LogP contribution < -0.4 is 15.5 Å². The van der Waals surface area contributed by atoms with Crippen molar-refractivity contribution in [3.63, 3.8) is 0 Å². The van der Waals surface area contributed by atoms with Crippen LogP contribution in [0.15, 0.2) is 85.5 Å². The molecule has 47 heavy (non-hydrogen) atoms. The van der Waals surface area contributed by atoms with Gasteiger partial charge in [-0.1, -0.05) is 36.4 Å². The van der Waals surface area contributed by atoms with Crippen LogP contribution in [0, 0.1) is 0 Å². The highest BCUT2D eigenvalue weighted by Gasteiger charge is 2.43. The molecule has 1 saturated heterocycles. The number of pyridine rings is 1. The van der Waals surface area contributed by atoms with E-state index in [1.54, 1.807) is 29.4 Å². The summed E-state index contributed by atoms with van der Waals surface area (Å²) >= 11 is 0. The third-order valence-electron chi connectivity index (χ3n) is 8.75. The van der Waals surface area contributed by atoms with Gasteiger partial charge in [-0.15, -0.1) is 0 Å². The molecular formula is C35H36N6O6. The number of aromatic nitrogens is 3. The van der Waals surface area contributed by atoms with Gasteiger partial charge in [-0.2, -0.15) is 0 Å². The number of aromatic amines is 2. The van der Waals surface area contributed by atoms with Gasteiger partial charge in [-0.3, -0.25) is 14.6 Å². The Balaban J connectivity index is 1.23.